The summed E-state index contributed by atoms with van der Waals surface area (Å²) in [4.78, 5) is 63.3. The van der Waals surface area contributed by atoms with Crippen LogP contribution < -0.4 is 16.0 Å². The third kappa shape index (κ3) is 6.37. The molecule has 0 aromatic rings. The first-order valence-corrected chi connectivity index (χ1v) is 13.5. The van der Waals surface area contributed by atoms with E-state index >= 15 is 0 Å². The van der Waals surface area contributed by atoms with Crippen molar-refractivity contribution in [1.29, 1.82) is 0 Å². The Balaban J connectivity index is 1.19. The molecular weight excluding hydrogens is 464 g/mol. The lowest BCUT2D eigenvalue weighted by Crippen LogP contribution is -2.55. The summed E-state index contributed by atoms with van der Waals surface area (Å²) in [6.45, 7) is 5.83. The molecule has 2 aliphatic carbocycles. The van der Waals surface area contributed by atoms with Crippen LogP contribution in [0.1, 0.15) is 58.8 Å². The number of aldehydes is 1. The number of fused-ring (bicyclic) bond motifs is 2. The number of carbonyl (C=O) groups is 5. The van der Waals surface area contributed by atoms with Crippen LogP contribution in [0.3, 0.4) is 0 Å². The van der Waals surface area contributed by atoms with Crippen molar-refractivity contribution in [3.8, 4) is 0 Å². The summed E-state index contributed by atoms with van der Waals surface area (Å²) >= 11 is 0. The standard InChI is InChI=1S/C26H40N4O6/c1-15(2)7-22(24(33)28-20(13-31)10-19-5-6-27-23(19)32)29-26(35)36-14-17-11-30(12-17)25(34)21-9-16-3-4-18(21)8-16/h13,15-22H,3-12,14H2,1-2H3,(H,27,32)(H,28,33)(H,29,35)/t16?,18?,19-,20+,21?,22+/m1/s1. The summed E-state index contributed by atoms with van der Waals surface area (Å²) in [6, 6.07) is -1.65. The third-order valence-electron chi connectivity index (χ3n) is 8.28. The second-order valence-corrected chi connectivity index (χ2v) is 11.6. The Morgan fingerprint density at radius 3 is 2.50 bits per heavy atom. The number of ether oxygens (including phenoxy) is 1. The molecule has 10 nitrogen and oxygen atoms in total. The Morgan fingerprint density at radius 2 is 1.92 bits per heavy atom. The maximum atomic E-state index is 12.9. The molecule has 2 saturated heterocycles. The van der Waals surface area contributed by atoms with Gasteiger partial charge in [-0.3, -0.25) is 14.4 Å². The van der Waals surface area contributed by atoms with Crippen LogP contribution in [0.5, 0.6) is 0 Å². The van der Waals surface area contributed by atoms with Crippen LogP contribution in [0.4, 0.5) is 4.79 Å². The van der Waals surface area contributed by atoms with Crippen LogP contribution in [-0.4, -0.2) is 73.3 Å². The maximum Gasteiger partial charge on any atom is 0.407 e. The molecular formula is C26H40N4O6. The number of hydrogen-bond donors (Lipinski definition) is 3. The number of amides is 4. The third-order valence-corrected chi connectivity index (χ3v) is 8.28. The molecule has 4 rings (SSSR count). The summed E-state index contributed by atoms with van der Waals surface area (Å²) in [7, 11) is 0. The van der Waals surface area contributed by atoms with Crippen LogP contribution in [-0.2, 0) is 23.9 Å². The van der Waals surface area contributed by atoms with Crippen molar-refractivity contribution >= 4 is 30.1 Å². The molecule has 2 heterocycles. The van der Waals surface area contributed by atoms with Crippen molar-refractivity contribution in [2.75, 3.05) is 26.2 Å². The second-order valence-electron chi connectivity index (χ2n) is 11.6. The zero-order valence-corrected chi connectivity index (χ0v) is 21.4. The first-order chi connectivity index (χ1) is 17.2. The first-order valence-electron chi connectivity index (χ1n) is 13.5. The number of likely N-dealkylation sites (tertiary alicyclic amines) is 1. The molecule has 4 fully saturated rings. The van der Waals surface area contributed by atoms with Gasteiger partial charge in [-0.1, -0.05) is 20.3 Å². The van der Waals surface area contributed by atoms with E-state index in [9.17, 15) is 24.0 Å². The highest BCUT2D eigenvalue weighted by molar-refractivity contribution is 5.88. The van der Waals surface area contributed by atoms with Crippen LogP contribution >= 0.6 is 0 Å². The minimum Gasteiger partial charge on any atom is -0.449 e. The highest BCUT2D eigenvalue weighted by atomic mass is 16.5. The predicted octanol–water partition coefficient (Wildman–Crippen LogP) is 1.23. The SMILES string of the molecule is CC(C)C[C@H](NC(=O)OCC1CN(C(=O)C2CC3CCC2C3)C1)C(=O)N[C@H](C=O)C[C@H]1CCNC1=O. The average Bonchev–Trinajstić information content (AvgIpc) is 3.54. The monoisotopic (exact) mass is 504 g/mol. The second kappa shape index (κ2) is 11.6. The zero-order chi connectivity index (χ0) is 25.8. The molecule has 0 radical (unpaired) electrons. The van der Waals surface area contributed by atoms with E-state index in [1.807, 2.05) is 18.7 Å². The van der Waals surface area contributed by atoms with Gasteiger partial charge in [0.15, 0.2) is 0 Å². The Kier molecular flexibility index (Phi) is 8.51. The summed E-state index contributed by atoms with van der Waals surface area (Å²) < 4.78 is 5.37. The molecule has 0 spiro atoms. The van der Waals surface area contributed by atoms with E-state index < -0.39 is 24.1 Å². The van der Waals surface area contributed by atoms with Gasteiger partial charge in [-0.2, -0.15) is 0 Å². The topological polar surface area (TPSA) is 134 Å². The van der Waals surface area contributed by atoms with Gasteiger partial charge < -0.3 is 30.4 Å². The lowest BCUT2D eigenvalue weighted by atomic mass is 9.86. The van der Waals surface area contributed by atoms with E-state index in [0.717, 1.165) is 12.3 Å². The van der Waals surface area contributed by atoms with Crippen LogP contribution in [0.25, 0.3) is 0 Å². The van der Waals surface area contributed by atoms with Crippen molar-refractivity contribution < 1.29 is 28.7 Å². The Labute approximate surface area is 212 Å². The van der Waals surface area contributed by atoms with Gasteiger partial charge in [-0.15, -0.1) is 0 Å². The number of rotatable bonds is 11. The van der Waals surface area contributed by atoms with Gasteiger partial charge in [0.25, 0.3) is 0 Å². The molecule has 2 saturated carbocycles. The van der Waals surface area contributed by atoms with Gasteiger partial charge >= 0.3 is 6.09 Å². The Hall–Kier alpha value is -2.65. The van der Waals surface area contributed by atoms with Gasteiger partial charge in [0, 0.05) is 37.4 Å². The van der Waals surface area contributed by atoms with Gasteiger partial charge in [0.2, 0.25) is 17.7 Å². The first kappa shape index (κ1) is 26.4. The van der Waals surface area contributed by atoms with E-state index in [-0.39, 0.29) is 48.5 Å². The van der Waals surface area contributed by atoms with Crippen molar-refractivity contribution in [2.45, 2.75) is 70.9 Å². The van der Waals surface area contributed by atoms with Gasteiger partial charge in [0.05, 0.1) is 12.6 Å². The van der Waals surface area contributed by atoms with Gasteiger partial charge in [-0.05, 0) is 56.3 Å². The lowest BCUT2D eigenvalue weighted by molar-refractivity contribution is -0.144. The van der Waals surface area contributed by atoms with Crippen molar-refractivity contribution in [2.24, 2.45) is 35.5 Å². The minimum absolute atomic E-state index is 0.104. The molecule has 2 aliphatic heterocycles. The molecule has 0 aromatic heterocycles. The summed E-state index contributed by atoms with van der Waals surface area (Å²) in [6.07, 6.45) is 5.86. The van der Waals surface area contributed by atoms with Crippen molar-refractivity contribution in [3.05, 3.63) is 0 Å². The van der Waals surface area contributed by atoms with E-state index in [2.05, 4.69) is 16.0 Å². The minimum atomic E-state index is -0.852. The number of nitrogens with one attached hydrogen (secondary N) is 3. The zero-order valence-electron chi connectivity index (χ0n) is 21.4. The number of alkyl carbamates (subject to hydrolysis) is 1. The fourth-order valence-electron chi connectivity index (χ4n) is 6.33. The fourth-order valence-corrected chi connectivity index (χ4v) is 6.33. The highest BCUT2D eigenvalue weighted by Gasteiger charge is 2.46. The van der Waals surface area contributed by atoms with Crippen LogP contribution in [0, 0.1) is 35.5 Å². The summed E-state index contributed by atoms with van der Waals surface area (Å²) in [5.74, 6) is 1.07. The largest absolute Gasteiger partial charge is 0.449 e. The summed E-state index contributed by atoms with van der Waals surface area (Å²) in [5.41, 5.74) is 0. The van der Waals surface area contributed by atoms with E-state index in [0.29, 0.717) is 44.7 Å². The smallest absolute Gasteiger partial charge is 0.407 e. The lowest BCUT2D eigenvalue weighted by Gasteiger charge is -2.41. The van der Waals surface area contributed by atoms with E-state index in [4.69, 9.17) is 4.74 Å². The molecule has 6 atom stereocenters. The van der Waals surface area contributed by atoms with Crippen molar-refractivity contribution in [1.82, 2.24) is 20.9 Å². The van der Waals surface area contributed by atoms with E-state index in [1.165, 1.54) is 19.3 Å². The molecule has 3 N–H and O–H groups in total. The molecule has 4 aliphatic rings. The summed E-state index contributed by atoms with van der Waals surface area (Å²) in [5, 5.41) is 8.02. The van der Waals surface area contributed by atoms with Crippen molar-refractivity contribution in [3.63, 3.8) is 0 Å². The molecule has 36 heavy (non-hydrogen) atoms. The molecule has 0 aromatic carbocycles. The average molecular weight is 505 g/mol. The van der Waals surface area contributed by atoms with Gasteiger partial charge in [0.1, 0.15) is 12.3 Å². The number of carbonyl (C=O) groups excluding carboxylic acids is 5. The number of nitrogens with zero attached hydrogens (tertiary/aromatic N) is 1. The molecule has 2 bridgehead atoms. The van der Waals surface area contributed by atoms with Gasteiger partial charge in [-0.25, -0.2) is 4.79 Å². The molecule has 4 amide bonds. The maximum absolute atomic E-state index is 12.9. The Morgan fingerprint density at radius 1 is 1.14 bits per heavy atom. The molecule has 10 heteroatoms. The van der Waals surface area contributed by atoms with Crippen LogP contribution in [0.2, 0.25) is 0 Å². The number of hydrogen-bond acceptors (Lipinski definition) is 6. The molecule has 200 valence electrons. The predicted molar refractivity (Wildman–Crippen MR) is 130 cm³/mol. The quantitative estimate of drug-likeness (QED) is 0.363. The van der Waals surface area contributed by atoms with Crippen LogP contribution in [0.15, 0.2) is 0 Å². The molecule has 3 unspecified atom stereocenters. The highest BCUT2D eigenvalue weighted by Crippen LogP contribution is 2.49. The fraction of sp³-hybridized carbons (Fsp3) is 0.808. The normalized spacial score (nSPS) is 28.9. The Bertz CT molecular complexity index is 857. The van der Waals surface area contributed by atoms with E-state index in [1.54, 1.807) is 0 Å².